The zero-order valence-corrected chi connectivity index (χ0v) is 14.9. The van der Waals surface area contributed by atoms with E-state index in [1.807, 2.05) is 6.92 Å². The van der Waals surface area contributed by atoms with E-state index in [-0.39, 0.29) is 5.78 Å². The fraction of sp³-hybridized carbons (Fsp3) is 0.250. The maximum absolute atomic E-state index is 12.2. The SMILES string of the molecule is CCOc1ccc(C(=O)O[C@H](C)C(=O)Nc2ccc(C(C)=O)cc2)cc1. The number of benzene rings is 2. The van der Waals surface area contributed by atoms with Crippen molar-refractivity contribution in [3.05, 3.63) is 59.7 Å². The molecule has 0 spiro atoms. The first kappa shape index (κ1) is 19.2. The Hall–Kier alpha value is -3.15. The lowest BCUT2D eigenvalue weighted by Gasteiger charge is -2.14. The van der Waals surface area contributed by atoms with Crippen LogP contribution in [0.3, 0.4) is 0 Å². The minimum atomic E-state index is -0.971. The molecule has 0 radical (unpaired) electrons. The smallest absolute Gasteiger partial charge is 0.338 e. The molecule has 0 unspecified atom stereocenters. The monoisotopic (exact) mass is 355 g/mol. The first-order valence-corrected chi connectivity index (χ1v) is 8.26. The minimum absolute atomic E-state index is 0.0551. The fourth-order valence-electron chi connectivity index (χ4n) is 2.17. The molecule has 0 saturated heterocycles. The maximum Gasteiger partial charge on any atom is 0.338 e. The Kier molecular flexibility index (Phi) is 6.49. The molecule has 0 bridgehead atoms. The number of Topliss-reactive ketones (excluding diaryl/α,β-unsaturated/α-hetero) is 1. The number of amides is 1. The summed E-state index contributed by atoms with van der Waals surface area (Å²) in [6, 6.07) is 13.0. The lowest BCUT2D eigenvalue weighted by Crippen LogP contribution is -2.30. The van der Waals surface area contributed by atoms with E-state index in [9.17, 15) is 14.4 Å². The average Bonchev–Trinajstić information content (AvgIpc) is 2.63. The highest BCUT2D eigenvalue weighted by atomic mass is 16.5. The number of hydrogen-bond acceptors (Lipinski definition) is 5. The molecule has 136 valence electrons. The third-order valence-electron chi connectivity index (χ3n) is 3.61. The maximum atomic E-state index is 12.2. The summed E-state index contributed by atoms with van der Waals surface area (Å²) in [5.74, 6) is -0.452. The van der Waals surface area contributed by atoms with Crippen LogP contribution in [0.5, 0.6) is 5.75 Å². The van der Waals surface area contributed by atoms with Crippen molar-refractivity contribution in [1.82, 2.24) is 0 Å². The third kappa shape index (κ3) is 5.17. The van der Waals surface area contributed by atoms with Crippen LogP contribution in [-0.4, -0.2) is 30.4 Å². The largest absolute Gasteiger partial charge is 0.494 e. The summed E-state index contributed by atoms with van der Waals surface area (Å²) in [5, 5.41) is 2.64. The Morgan fingerprint density at radius 2 is 1.54 bits per heavy atom. The molecule has 0 aliphatic carbocycles. The Morgan fingerprint density at radius 3 is 2.08 bits per heavy atom. The van der Waals surface area contributed by atoms with Gasteiger partial charge < -0.3 is 14.8 Å². The van der Waals surface area contributed by atoms with Gasteiger partial charge in [0.2, 0.25) is 0 Å². The van der Waals surface area contributed by atoms with Crippen LogP contribution >= 0.6 is 0 Å². The molecule has 0 saturated carbocycles. The second kappa shape index (κ2) is 8.80. The standard InChI is InChI=1S/C20H21NO5/c1-4-25-18-11-7-16(8-12-18)20(24)26-14(3)19(23)21-17-9-5-15(6-10-17)13(2)22/h5-12,14H,4H2,1-3H3,(H,21,23)/t14-/m1/s1. The molecule has 0 aromatic heterocycles. The van der Waals surface area contributed by atoms with Gasteiger partial charge in [-0.15, -0.1) is 0 Å². The Balaban J connectivity index is 1.93. The highest BCUT2D eigenvalue weighted by Gasteiger charge is 2.19. The molecule has 2 aromatic carbocycles. The molecule has 0 heterocycles. The van der Waals surface area contributed by atoms with Crippen molar-refractivity contribution in [3.63, 3.8) is 0 Å². The summed E-state index contributed by atoms with van der Waals surface area (Å²) >= 11 is 0. The van der Waals surface area contributed by atoms with E-state index < -0.39 is 18.0 Å². The van der Waals surface area contributed by atoms with Crippen LogP contribution in [0.15, 0.2) is 48.5 Å². The van der Waals surface area contributed by atoms with Crippen molar-refractivity contribution in [1.29, 1.82) is 0 Å². The molecule has 0 aliphatic rings. The molecule has 1 N–H and O–H groups in total. The van der Waals surface area contributed by atoms with Crippen LogP contribution in [0.4, 0.5) is 5.69 Å². The van der Waals surface area contributed by atoms with Gasteiger partial charge in [-0.05, 0) is 69.3 Å². The number of hydrogen-bond donors (Lipinski definition) is 1. The first-order chi connectivity index (χ1) is 12.4. The molecular formula is C20H21NO5. The van der Waals surface area contributed by atoms with Crippen molar-refractivity contribution < 1.29 is 23.9 Å². The normalized spacial score (nSPS) is 11.3. The Morgan fingerprint density at radius 1 is 0.962 bits per heavy atom. The fourth-order valence-corrected chi connectivity index (χ4v) is 2.17. The predicted octanol–water partition coefficient (Wildman–Crippen LogP) is 3.47. The number of ketones is 1. The predicted molar refractivity (Wildman–Crippen MR) is 97.6 cm³/mol. The third-order valence-corrected chi connectivity index (χ3v) is 3.61. The van der Waals surface area contributed by atoms with Gasteiger partial charge in [-0.25, -0.2) is 4.79 Å². The highest BCUT2D eigenvalue weighted by molar-refractivity contribution is 5.98. The zero-order valence-electron chi connectivity index (χ0n) is 14.9. The van der Waals surface area contributed by atoms with E-state index in [4.69, 9.17) is 9.47 Å². The quantitative estimate of drug-likeness (QED) is 0.607. The van der Waals surface area contributed by atoms with Crippen LogP contribution in [-0.2, 0) is 9.53 Å². The van der Waals surface area contributed by atoms with E-state index in [1.165, 1.54) is 13.8 Å². The van der Waals surface area contributed by atoms with E-state index in [2.05, 4.69) is 5.32 Å². The first-order valence-electron chi connectivity index (χ1n) is 8.26. The van der Waals surface area contributed by atoms with Crippen LogP contribution in [0, 0.1) is 0 Å². The number of ether oxygens (including phenoxy) is 2. The second-order valence-electron chi connectivity index (χ2n) is 5.63. The number of anilines is 1. The van der Waals surface area contributed by atoms with Crippen LogP contribution in [0.25, 0.3) is 0 Å². The van der Waals surface area contributed by atoms with Gasteiger partial charge in [0.25, 0.3) is 5.91 Å². The molecule has 1 amide bonds. The van der Waals surface area contributed by atoms with Crippen molar-refractivity contribution in [3.8, 4) is 5.75 Å². The van der Waals surface area contributed by atoms with Crippen LogP contribution in [0.1, 0.15) is 41.5 Å². The van der Waals surface area contributed by atoms with Gasteiger partial charge in [-0.1, -0.05) is 0 Å². The van der Waals surface area contributed by atoms with Gasteiger partial charge in [0.15, 0.2) is 11.9 Å². The van der Waals surface area contributed by atoms with Gasteiger partial charge in [-0.3, -0.25) is 9.59 Å². The molecule has 0 aliphatic heterocycles. The summed E-state index contributed by atoms with van der Waals surface area (Å²) in [7, 11) is 0. The van der Waals surface area contributed by atoms with Crippen LogP contribution < -0.4 is 10.1 Å². The number of esters is 1. The summed E-state index contributed by atoms with van der Waals surface area (Å²) in [5.41, 5.74) is 1.40. The lowest BCUT2D eigenvalue weighted by molar-refractivity contribution is -0.123. The van der Waals surface area contributed by atoms with Crippen molar-refractivity contribution >= 4 is 23.3 Å². The molecular weight excluding hydrogens is 334 g/mol. The van der Waals surface area contributed by atoms with Gasteiger partial charge >= 0.3 is 5.97 Å². The number of nitrogens with one attached hydrogen (secondary N) is 1. The minimum Gasteiger partial charge on any atom is -0.494 e. The van der Waals surface area contributed by atoms with E-state index in [1.54, 1.807) is 48.5 Å². The average molecular weight is 355 g/mol. The second-order valence-corrected chi connectivity index (χ2v) is 5.63. The van der Waals surface area contributed by atoms with Crippen LogP contribution in [0.2, 0.25) is 0 Å². The van der Waals surface area contributed by atoms with E-state index >= 15 is 0 Å². The summed E-state index contributed by atoms with van der Waals surface area (Å²) in [4.78, 5) is 35.5. The number of rotatable bonds is 7. The van der Waals surface area contributed by atoms with Crippen molar-refractivity contribution in [2.45, 2.75) is 26.9 Å². The van der Waals surface area contributed by atoms with Gasteiger partial charge in [0.1, 0.15) is 5.75 Å². The van der Waals surface area contributed by atoms with Gasteiger partial charge in [0, 0.05) is 11.3 Å². The highest BCUT2D eigenvalue weighted by Crippen LogP contribution is 2.14. The number of carbonyl (C=O) groups excluding carboxylic acids is 3. The van der Waals surface area contributed by atoms with Gasteiger partial charge in [-0.2, -0.15) is 0 Å². The van der Waals surface area contributed by atoms with E-state index in [0.29, 0.717) is 29.2 Å². The molecule has 0 fully saturated rings. The van der Waals surface area contributed by atoms with E-state index in [0.717, 1.165) is 0 Å². The van der Waals surface area contributed by atoms with Crippen molar-refractivity contribution in [2.24, 2.45) is 0 Å². The zero-order chi connectivity index (χ0) is 19.1. The van der Waals surface area contributed by atoms with Crippen molar-refractivity contribution in [2.75, 3.05) is 11.9 Å². The number of carbonyl (C=O) groups is 3. The summed E-state index contributed by atoms with van der Waals surface area (Å²) in [6.07, 6.45) is -0.971. The molecule has 26 heavy (non-hydrogen) atoms. The Labute approximate surface area is 152 Å². The topological polar surface area (TPSA) is 81.7 Å². The summed E-state index contributed by atoms with van der Waals surface area (Å²) < 4.78 is 10.5. The molecule has 1 atom stereocenters. The molecule has 6 heteroatoms. The van der Waals surface area contributed by atoms with Gasteiger partial charge in [0.05, 0.1) is 12.2 Å². The summed E-state index contributed by atoms with van der Waals surface area (Å²) in [6.45, 7) is 5.37. The Bertz CT molecular complexity index is 781. The molecule has 6 nitrogen and oxygen atoms in total. The molecule has 2 rings (SSSR count). The molecule has 2 aromatic rings. The lowest BCUT2D eigenvalue weighted by atomic mass is 10.1.